The summed E-state index contributed by atoms with van der Waals surface area (Å²) in [5.41, 5.74) is -0.940. The molecule has 0 unspecified atom stereocenters. The molecule has 17 heavy (non-hydrogen) atoms. The molecular weight excluding hydrogens is 224 g/mol. The zero-order chi connectivity index (χ0) is 12.4. The first-order valence-electron chi connectivity index (χ1n) is 5.34. The molecule has 0 bridgehead atoms. The second-order valence-electron chi connectivity index (χ2n) is 4.06. The van der Waals surface area contributed by atoms with Gasteiger partial charge in [0.25, 0.3) is 5.56 Å². The number of likely N-dealkylation sites (N-methyl/N-ethyl adjacent to an activating group) is 1. The van der Waals surface area contributed by atoms with Crippen LogP contribution < -0.4 is 10.5 Å². The van der Waals surface area contributed by atoms with Gasteiger partial charge in [0.1, 0.15) is 11.4 Å². The van der Waals surface area contributed by atoms with Crippen LogP contribution in [0.2, 0.25) is 0 Å². The van der Waals surface area contributed by atoms with E-state index in [1.807, 2.05) is 11.9 Å². The molecule has 1 fully saturated rings. The van der Waals surface area contributed by atoms with Crippen LogP contribution in [0.5, 0.6) is 0 Å². The molecule has 7 nitrogen and oxygen atoms in total. The van der Waals surface area contributed by atoms with Gasteiger partial charge in [0.2, 0.25) is 0 Å². The Morgan fingerprint density at radius 3 is 2.65 bits per heavy atom. The van der Waals surface area contributed by atoms with Crippen LogP contribution in [0.3, 0.4) is 0 Å². The molecule has 0 atom stereocenters. The molecule has 92 valence electrons. The van der Waals surface area contributed by atoms with E-state index in [9.17, 15) is 9.59 Å². The van der Waals surface area contributed by atoms with Crippen molar-refractivity contribution in [3.05, 3.63) is 22.0 Å². The monoisotopic (exact) mass is 238 g/mol. The van der Waals surface area contributed by atoms with E-state index in [1.54, 1.807) is 0 Å². The van der Waals surface area contributed by atoms with Gasteiger partial charge in [-0.1, -0.05) is 0 Å². The minimum Gasteiger partial charge on any atom is -0.477 e. The van der Waals surface area contributed by atoms with E-state index < -0.39 is 11.5 Å². The van der Waals surface area contributed by atoms with E-state index >= 15 is 0 Å². The number of aromatic nitrogens is 2. The predicted octanol–water partition coefficient (Wildman–Crippen LogP) is -0.780. The molecule has 7 heteroatoms. The number of nitrogens with one attached hydrogen (secondary N) is 1. The highest BCUT2D eigenvalue weighted by Crippen LogP contribution is 2.11. The van der Waals surface area contributed by atoms with E-state index in [0.29, 0.717) is 5.82 Å². The first-order valence-corrected chi connectivity index (χ1v) is 5.34. The number of H-pyrrole nitrogens is 1. The van der Waals surface area contributed by atoms with Gasteiger partial charge in [-0.25, -0.2) is 9.89 Å². The maximum Gasteiger partial charge on any atom is 0.341 e. The molecule has 2 N–H and O–H groups in total. The molecule has 0 amide bonds. The smallest absolute Gasteiger partial charge is 0.341 e. The summed E-state index contributed by atoms with van der Waals surface area (Å²) in [5.74, 6) is -0.723. The van der Waals surface area contributed by atoms with Crippen molar-refractivity contribution in [3.63, 3.8) is 0 Å². The quantitative estimate of drug-likeness (QED) is 0.702. The van der Waals surface area contributed by atoms with Crippen molar-refractivity contribution in [3.8, 4) is 0 Å². The van der Waals surface area contributed by atoms with E-state index in [1.165, 1.54) is 6.07 Å². The first kappa shape index (κ1) is 11.6. The van der Waals surface area contributed by atoms with Gasteiger partial charge in [0, 0.05) is 32.2 Å². The summed E-state index contributed by atoms with van der Waals surface area (Å²) >= 11 is 0. The van der Waals surface area contributed by atoms with Gasteiger partial charge in [-0.15, -0.1) is 0 Å². The molecule has 1 aliphatic rings. The van der Waals surface area contributed by atoms with Crippen LogP contribution in [-0.4, -0.2) is 59.4 Å². The van der Waals surface area contributed by atoms with Crippen molar-refractivity contribution in [1.82, 2.24) is 15.1 Å². The Morgan fingerprint density at radius 2 is 2.06 bits per heavy atom. The summed E-state index contributed by atoms with van der Waals surface area (Å²) < 4.78 is 0. The lowest BCUT2D eigenvalue weighted by atomic mass is 10.2. The number of hydrogen-bond acceptors (Lipinski definition) is 5. The second kappa shape index (κ2) is 4.54. The molecule has 1 saturated heterocycles. The largest absolute Gasteiger partial charge is 0.477 e. The molecule has 0 spiro atoms. The average molecular weight is 238 g/mol. The van der Waals surface area contributed by atoms with Gasteiger partial charge < -0.3 is 14.9 Å². The lowest BCUT2D eigenvalue weighted by Gasteiger charge is -2.32. The zero-order valence-corrected chi connectivity index (χ0v) is 9.51. The summed E-state index contributed by atoms with van der Waals surface area (Å²) in [6, 6.07) is 1.33. The minimum atomic E-state index is -1.23. The van der Waals surface area contributed by atoms with Gasteiger partial charge in [-0.05, 0) is 7.05 Å². The van der Waals surface area contributed by atoms with Crippen molar-refractivity contribution in [1.29, 1.82) is 0 Å². The van der Waals surface area contributed by atoms with E-state index in [0.717, 1.165) is 26.2 Å². The van der Waals surface area contributed by atoms with Crippen molar-refractivity contribution in [2.45, 2.75) is 0 Å². The van der Waals surface area contributed by atoms with Gasteiger partial charge >= 0.3 is 5.97 Å². The molecule has 0 saturated carbocycles. The highest BCUT2D eigenvalue weighted by Gasteiger charge is 2.18. The highest BCUT2D eigenvalue weighted by molar-refractivity contribution is 5.87. The number of hydrogen-bond donors (Lipinski definition) is 2. The highest BCUT2D eigenvalue weighted by atomic mass is 16.4. The number of carboxylic acid groups (broad SMARTS) is 1. The fourth-order valence-electron chi connectivity index (χ4n) is 1.75. The summed E-state index contributed by atoms with van der Waals surface area (Å²) in [7, 11) is 2.03. The van der Waals surface area contributed by atoms with E-state index in [-0.39, 0.29) is 5.56 Å². The molecular formula is C10H14N4O3. The lowest BCUT2D eigenvalue weighted by Crippen LogP contribution is -2.45. The van der Waals surface area contributed by atoms with Crippen LogP contribution in [0, 0.1) is 0 Å². The predicted molar refractivity (Wildman–Crippen MR) is 61.5 cm³/mol. The van der Waals surface area contributed by atoms with Crippen molar-refractivity contribution in [2.24, 2.45) is 0 Å². The Kier molecular flexibility index (Phi) is 3.10. The summed E-state index contributed by atoms with van der Waals surface area (Å²) in [4.78, 5) is 26.2. The Hall–Kier alpha value is -1.89. The SMILES string of the molecule is CN1CCN(c2cc(C(=O)O)c(=O)[nH]n2)CC1. The summed E-state index contributed by atoms with van der Waals surface area (Å²) in [6.45, 7) is 3.33. The maximum atomic E-state index is 11.2. The maximum absolute atomic E-state index is 11.2. The van der Waals surface area contributed by atoms with Gasteiger partial charge in [0.05, 0.1) is 0 Å². The van der Waals surface area contributed by atoms with Crippen molar-refractivity contribution >= 4 is 11.8 Å². The third-order valence-corrected chi connectivity index (χ3v) is 2.85. The van der Waals surface area contributed by atoms with Crippen molar-refractivity contribution in [2.75, 3.05) is 38.1 Å². The van der Waals surface area contributed by atoms with Gasteiger partial charge in [-0.2, -0.15) is 5.10 Å². The van der Waals surface area contributed by atoms with Crippen LogP contribution >= 0.6 is 0 Å². The zero-order valence-electron chi connectivity index (χ0n) is 9.51. The molecule has 0 radical (unpaired) electrons. The van der Waals surface area contributed by atoms with Gasteiger partial charge in [-0.3, -0.25) is 4.79 Å². The lowest BCUT2D eigenvalue weighted by molar-refractivity contribution is 0.0694. The van der Waals surface area contributed by atoms with Crippen LogP contribution in [0.1, 0.15) is 10.4 Å². The topological polar surface area (TPSA) is 89.5 Å². The average Bonchev–Trinajstić information content (AvgIpc) is 2.30. The number of anilines is 1. The minimum absolute atomic E-state index is 0.270. The normalized spacial score (nSPS) is 17.1. The fraction of sp³-hybridized carbons (Fsp3) is 0.500. The molecule has 1 aromatic heterocycles. The van der Waals surface area contributed by atoms with Gasteiger partial charge in [0.15, 0.2) is 0 Å². The number of carboxylic acids is 1. The molecule has 0 aromatic carbocycles. The number of piperazine rings is 1. The summed E-state index contributed by atoms with van der Waals surface area (Å²) in [6.07, 6.45) is 0. The Morgan fingerprint density at radius 1 is 1.41 bits per heavy atom. The third kappa shape index (κ3) is 2.44. The van der Waals surface area contributed by atoms with E-state index in [2.05, 4.69) is 15.1 Å². The Balaban J connectivity index is 2.25. The molecule has 2 heterocycles. The number of aromatic carboxylic acids is 1. The summed E-state index contributed by atoms with van der Waals surface area (Å²) in [5, 5.41) is 14.9. The second-order valence-corrected chi connectivity index (χ2v) is 4.06. The van der Waals surface area contributed by atoms with Crippen LogP contribution in [0.15, 0.2) is 10.9 Å². The molecule has 0 aliphatic carbocycles. The first-order chi connectivity index (χ1) is 8.08. The Labute approximate surface area is 97.7 Å². The fourth-order valence-corrected chi connectivity index (χ4v) is 1.75. The Bertz CT molecular complexity index is 477. The molecule has 2 rings (SSSR count). The standard InChI is InChI=1S/C10H14N4O3/c1-13-2-4-14(5-3-13)8-6-7(10(16)17)9(15)12-11-8/h6H,2-5H2,1H3,(H,12,15)(H,16,17). The molecule has 1 aliphatic heterocycles. The number of carbonyl (C=O) groups is 1. The van der Waals surface area contributed by atoms with Crippen LogP contribution in [-0.2, 0) is 0 Å². The third-order valence-electron chi connectivity index (χ3n) is 2.85. The number of aromatic amines is 1. The van der Waals surface area contributed by atoms with Crippen molar-refractivity contribution < 1.29 is 9.90 Å². The van der Waals surface area contributed by atoms with E-state index in [4.69, 9.17) is 5.11 Å². The van der Waals surface area contributed by atoms with Crippen LogP contribution in [0.25, 0.3) is 0 Å². The van der Waals surface area contributed by atoms with Crippen LogP contribution in [0.4, 0.5) is 5.82 Å². The molecule has 1 aromatic rings. The number of nitrogens with zero attached hydrogens (tertiary/aromatic N) is 3. The number of rotatable bonds is 2.